The lowest BCUT2D eigenvalue weighted by Gasteiger charge is -2.41. The van der Waals surface area contributed by atoms with E-state index in [1.807, 2.05) is 0 Å². The van der Waals surface area contributed by atoms with Crippen molar-refractivity contribution in [1.82, 2.24) is 10.2 Å². The van der Waals surface area contributed by atoms with Crippen LogP contribution in [0.3, 0.4) is 0 Å². The van der Waals surface area contributed by atoms with Crippen LogP contribution in [0.15, 0.2) is 0 Å². The van der Waals surface area contributed by atoms with Crippen LogP contribution in [0.5, 0.6) is 0 Å². The van der Waals surface area contributed by atoms with Crippen molar-refractivity contribution in [3.63, 3.8) is 0 Å². The van der Waals surface area contributed by atoms with Gasteiger partial charge in [-0.25, -0.2) is 0 Å². The van der Waals surface area contributed by atoms with Crippen molar-refractivity contribution in [2.75, 3.05) is 19.3 Å². The summed E-state index contributed by atoms with van der Waals surface area (Å²) in [6, 6.07) is 2.27. The van der Waals surface area contributed by atoms with E-state index in [9.17, 15) is 0 Å². The van der Waals surface area contributed by atoms with Gasteiger partial charge in [-0.2, -0.15) is 11.8 Å². The minimum absolute atomic E-state index is 0.737. The molecule has 0 amide bonds. The third-order valence-corrected chi connectivity index (χ3v) is 6.08. The van der Waals surface area contributed by atoms with Crippen LogP contribution >= 0.6 is 11.8 Å². The van der Waals surface area contributed by atoms with Gasteiger partial charge in [0.15, 0.2) is 0 Å². The molecule has 1 heterocycles. The Bertz CT molecular complexity index is 259. The average molecular weight is 270 g/mol. The maximum Gasteiger partial charge on any atom is 0.0122 e. The van der Waals surface area contributed by atoms with Crippen LogP contribution in [-0.4, -0.2) is 47.6 Å². The molecule has 0 radical (unpaired) electrons. The lowest BCUT2D eigenvalue weighted by molar-refractivity contribution is 0.116. The Kier molecular flexibility index (Phi) is 5.40. The van der Waals surface area contributed by atoms with Crippen LogP contribution in [0.25, 0.3) is 0 Å². The predicted octanol–water partition coefficient (Wildman–Crippen LogP) is 2.98. The van der Waals surface area contributed by atoms with Crippen molar-refractivity contribution >= 4 is 11.8 Å². The first-order valence-corrected chi connectivity index (χ1v) is 8.73. The van der Waals surface area contributed by atoms with Gasteiger partial charge in [0, 0.05) is 29.9 Å². The number of hydrogen-bond donors (Lipinski definition) is 1. The summed E-state index contributed by atoms with van der Waals surface area (Å²) in [5.41, 5.74) is 0. The lowest BCUT2D eigenvalue weighted by Crippen LogP contribution is -2.52. The molecule has 106 valence electrons. The van der Waals surface area contributed by atoms with Crippen molar-refractivity contribution in [2.45, 2.75) is 69.8 Å². The molecular weight excluding hydrogens is 240 g/mol. The highest BCUT2D eigenvalue weighted by Gasteiger charge is 2.32. The van der Waals surface area contributed by atoms with Crippen LogP contribution < -0.4 is 5.32 Å². The van der Waals surface area contributed by atoms with Crippen LogP contribution in [0, 0.1) is 5.92 Å². The Morgan fingerprint density at radius 3 is 2.72 bits per heavy atom. The Morgan fingerprint density at radius 1 is 1.22 bits per heavy atom. The molecule has 5 unspecified atom stereocenters. The summed E-state index contributed by atoms with van der Waals surface area (Å²) in [6.07, 6.45) is 5.53. The van der Waals surface area contributed by atoms with E-state index in [0.29, 0.717) is 0 Å². The molecule has 2 rings (SSSR count). The van der Waals surface area contributed by atoms with E-state index in [1.165, 1.54) is 38.0 Å². The summed E-state index contributed by atoms with van der Waals surface area (Å²) in [4.78, 5) is 2.51. The van der Waals surface area contributed by atoms with Gasteiger partial charge in [0.25, 0.3) is 0 Å². The molecule has 1 N–H and O–H groups in total. The first-order chi connectivity index (χ1) is 8.60. The van der Waals surface area contributed by atoms with E-state index in [4.69, 9.17) is 0 Å². The maximum atomic E-state index is 3.97. The molecule has 2 fully saturated rings. The Morgan fingerprint density at radius 2 is 2.00 bits per heavy atom. The average Bonchev–Trinajstić information content (AvgIpc) is 2.74. The fourth-order valence-corrected chi connectivity index (χ4v) is 4.70. The smallest absolute Gasteiger partial charge is 0.0122 e. The van der Waals surface area contributed by atoms with Gasteiger partial charge in [0.2, 0.25) is 0 Å². The quantitative estimate of drug-likeness (QED) is 0.845. The summed E-state index contributed by atoms with van der Waals surface area (Å²) >= 11 is 2.16. The van der Waals surface area contributed by atoms with Gasteiger partial charge in [-0.15, -0.1) is 0 Å². The SMILES string of the molecule is CCSC1CCC(NC2CC(C)N(C)CC2C)C1. The van der Waals surface area contributed by atoms with Crippen molar-refractivity contribution in [1.29, 1.82) is 0 Å². The third kappa shape index (κ3) is 3.64. The van der Waals surface area contributed by atoms with Crippen molar-refractivity contribution < 1.29 is 0 Å². The Hall–Kier alpha value is 0.270. The third-order valence-electron chi connectivity index (χ3n) is 4.85. The van der Waals surface area contributed by atoms with Crippen LogP contribution in [0.4, 0.5) is 0 Å². The van der Waals surface area contributed by atoms with Crippen LogP contribution in [0.1, 0.15) is 46.5 Å². The highest BCUT2D eigenvalue weighted by molar-refractivity contribution is 7.99. The standard InChI is InChI=1S/C15H30N2S/c1-5-18-14-7-6-13(9-14)16-15-8-12(3)17(4)10-11(15)2/h11-16H,5-10H2,1-4H3. The summed E-state index contributed by atoms with van der Waals surface area (Å²) < 4.78 is 0. The van der Waals surface area contributed by atoms with Gasteiger partial charge in [0.1, 0.15) is 0 Å². The topological polar surface area (TPSA) is 15.3 Å². The number of piperidine rings is 1. The molecule has 0 aromatic carbocycles. The van der Waals surface area contributed by atoms with E-state index in [-0.39, 0.29) is 0 Å². The minimum Gasteiger partial charge on any atom is -0.311 e. The Labute approximate surface area is 117 Å². The normalized spacial score (nSPS) is 42.3. The highest BCUT2D eigenvalue weighted by atomic mass is 32.2. The van der Waals surface area contributed by atoms with Gasteiger partial charge in [-0.1, -0.05) is 13.8 Å². The molecule has 0 aromatic heterocycles. The summed E-state index contributed by atoms with van der Waals surface area (Å²) in [5.74, 6) is 2.07. The van der Waals surface area contributed by atoms with Gasteiger partial charge in [-0.3, -0.25) is 0 Å². The lowest BCUT2D eigenvalue weighted by atomic mass is 9.89. The second-order valence-corrected chi connectivity index (χ2v) is 7.94. The van der Waals surface area contributed by atoms with E-state index < -0.39 is 0 Å². The zero-order chi connectivity index (χ0) is 13.1. The molecule has 3 heteroatoms. The van der Waals surface area contributed by atoms with Crippen molar-refractivity contribution in [3.8, 4) is 0 Å². The highest BCUT2D eigenvalue weighted by Crippen LogP contribution is 2.31. The van der Waals surface area contributed by atoms with Gasteiger partial charge < -0.3 is 10.2 Å². The molecule has 1 saturated carbocycles. The number of hydrogen-bond acceptors (Lipinski definition) is 3. The van der Waals surface area contributed by atoms with Crippen molar-refractivity contribution in [2.24, 2.45) is 5.92 Å². The molecule has 2 aliphatic rings. The molecule has 1 aliphatic heterocycles. The molecular formula is C15H30N2S. The summed E-state index contributed by atoms with van der Waals surface area (Å²) in [5, 5.41) is 4.89. The molecule has 5 atom stereocenters. The first-order valence-electron chi connectivity index (χ1n) is 7.68. The molecule has 1 aliphatic carbocycles. The van der Waals surface area contributed by atoms with Gasteiger partial charge >= 0.3 is 0 Å². The van der Waals surface area contributed by atoms with E-state index in [1.54, 1.807) is 0 Å². The fraction of sp³-hybridized carbons (Fsp3) is 1.00. The largest absolute Gasteiger partial charge is 0.311 e. The molecule has 2 nitrogen and oxygen atoms in total. The molecule has 0 aromatic rings. The molecule has 0 bridgehead atoms. The molecule has 18 heavy (non-hydrogen) atoms. The number of likely N-dealkylation sites (tertiary alicyclic amines) is 1. The van der Waals surface area contributed by atoms with Gasteiger partial charge in [-0.05, 0) is 51.3 Å². The van der Waals surface area contributed by atoms with Crippen molar-refractivity contribution in [3.05, 3.63) is 0 Å². The number of nitrogens with one attached hydrogen (secondary N) is 1. The molecule has 1 saturated heterocycles. The zero-order valence-corrected chi connectivity index (χ0v) is 13.3. The minimum atomic E-state index is 0.737. The molecule has 0 spiro atoms. The van der Waals surface area contributed by atoms with E-state index in [0.717, 1.165) is 29.3 Å². The number of thioether (sulfide) groups is 1. The summed E-state index contributed by atoms with van der Waals surface area (Å²) in [7, 11) is 2.26. The monoisotopic (exact) mass is 270 g/mol. The van der Waals surface area contributed by atoms with Crippen LogP contribution in [0.2, 0.25) is 0 Å². The second-order valence-electron chi connectivity index (χ2n) is 6.36. The Balaban J connectivity index is 1.79. The van der Waals surface area contributed by atoms with E-state index in [2.05, 4.69) is 49.8 Å². The maximum absolute atomic E-state index is 3.97. The zero-order valence-electron chi connectivity index (χ0n) is 12.5. The van der Waals surface area contributed by atoms with Gasteiger partial charge in [0.05, 0.1) is 0 Å². The number of nitrogens with zero attached hydrogens (tertiary/aromatic N) is 1. The number of rotatable bonds is 4. The fourth-order valence-electron chi connectivity index (χ4n) is 3.55. The second kappa shape index (κ2) is 6.62. The van der Waals surface area contributed by atoms with E-state index >= 15 is 0 Å². The first kappa shape index (κ1) is 14.7. The summed E-state index contributed by atoms with van der Waals surface area (Å²) in [6.45, 7) is 8.31. The predicted molar refractivity (Wildman–Crippen MR) is 82.4 cm³/mol. The van der Waals surface area contributed by atoms with Crippen LogP contribution in [-0.2, 0) is 0 Å².